The lowest BCUT2D eigenvalue weighted by atomic mass is 10.0. The third kappa shape index (κ3) is 5.08. The normalized spacial score (nSPS) is 15.1. The Morgan fingerprint density at radius 2 is 1.93 bits per heavy atom. The van der Waals surface area contributed by atoms with Gasteiger partial charge in [-0.2, -0.15) is 13.2 Å². The van der Waals surface area contributed by atoms with Gasteiger partial charge in [0.1, 0.15) is 0 Å². The number of amides is 1. The molecular formula is C22H23F4NO2. The molecule has 7 heteroatoms. The molecule has 0 aliphatic heterocycles. The average Bonchev–Trinajstić information content (AvgIpc) is 3.51. The van der Waals surface area contributed by atoms with Crippen LogP contribution in [0.1, 0.15) is 48.9 Å². The van der Waals surface area contributed by atoms with Gasteiger partial charge in [0.2, 0.25) is 5.91 Å². The van der Waals surface area contributed by atoms with Crippen molar-refractivity contribution in [1.82, 2.24) is 4.90 Å². The summed E-state index contributed by atoms with van der Waals surface area (Å²) in [4.78, 5) is 14.6. The van der Waals surface area contributed by atoms with E-state index in [0.717, 1.165) is 25.0 Å². The van der Waals surface area contributed by atoms with Gasteiger partial charge in [-0.15, -0.1) is 0 Å². The Bertz CT molecular complexity index is 877. The maximum Gasteiger partial charge on any atom is 0.416 e. The first-order valence-corrected chi connectivity index (χ1v) is 9.51. The molecule has 1 aliphatic carbocycles. The van der Waals surface area contributed by atoms with Crippen molar-refractivity contribution >= 4 is 5.91 Å². The lowest BCUT2D eigenvalue weighted by Crippen LogP contribution is -2.35. The van der Waals surface area contributed by atoms with E-state index in [1.54, 1.807) is 24.0 Å². The minimum atomic E-state index is -4.43. The zero-order valence-corrected chi connectivity index (χ0v) is 16.3. The highest BCUT2D eigenvalue weighted by Crippen LogP contribution is 2.37. The Morgan fingerprint density at radius 1 is 1.21 bits per heavy atom. The monoisotopic (exact) mass is 409 g/mol. The van der Waals surface area contributed by atoms with Crippen molar-refractivity contribution in [3.63, 3.8) is 0 Å². The number of methoxy groups -OCH3 is 1. The molecule has 0 heterocycles. The van der Waals surface area contributed by atoms with Crippen LogP contribution in [0.3, 0.4) is 0 Å². The lowest BCUT2D eigenvalue weighted by molar-refractivity contribution is -0.137. The maximum absolute atomic E-state index is 13.8. The Hall–Kier alpha value is -2.57. The molecule has 1 amide bonds. The van der Waals surface area contributed by atoms with Crippen molar-refractivity contribution in [2.24, 2.45) is 0 Å². The predicted octanol–water partition coefficient (Wildman–Crippen LogP) is 5.54. The quantitative estimate of drug-likeness (QED) is 0.562. The molecule has 0 spiro atoms. The average molecular weight is 409 g/mol. The van der Waals surface area contributed by atoms with E-state index in [2.05, 4.69) is 0 Å². The number of rotatable bonds is 7. The number of hydrogen-bond donors (Lipinski definition) is 0. The van der Waals surface area contributed by atoms with Gasteiger partial charge in [0.15, 0.2) is 11.6 Å². The number of alkyl halides is 3. The van der Waals surface area contributed by atoms with Crippen LogP contribution in [0.25, 0.3) is 0 Å². The van der Waals surface area contributed by atoms with E-state index in [1.165, 1.54) is 25.3 Å². The van der Waals surface area contributed by atoms with Crippen LogP contribution in [0.5, 0.6) is 5.75 Å². The molecule has 156 valence electrons. The van der Waals surface area contributed by atoms with E-state index in [-0.39, 0.29) is 24.1 Å². The lowest BCUT2D eigenvalue weighted by Gasteiger charge is -2.30. The van der Waals surface area contributed by atoms with Gasteiger partial charge in [0, 0.05) is 12.5 Å². The van der Waals surface area contributed by atoms with Crippen LogP contribution in [0, 0.1) is 5.82 Å². The van der Waals surface area contributed by atoms with E-state index < -0.39 is 23.6 Å². The van der Waals surface area contributed by atoms with Crippen LogP contribution in [-0.2, 0) is 17.4 Å². The summed E-state index contributed by atoms with van der Waals surface area (Å²) in [6.45, 7) is 1.75. The van der Waals surface area contributed by atoms with Crippen molar-refractivity contribution in [3.05, 3.63) is 65.0 Å². The van der Waals surface area contributed by atoms with Crippen molar-refractivity contribution in [2.75, 3.05) is 7.11 Å². The molecule has 2 aromatic rings. The largest absolute Gasteiger partial charge is 0.494 e. The van der Waals surface area contributed by atoms with Crippen molar-refractivity contribution in [3.8, 4) is 5.75 Å². The topological polar surface area (TPSA) is 29.5 Å². The van der Waals surface area contributed by atoms with Gasteiger partial charge in [0.25, 0.3) is 0 Å². The second-order valence-electron chi connectivity index (χ2n) is 7.30. The molecule has 1 unspecified atom stereocenters. The Labute approximate surface area is 167 Å². The van der Waals surface area contributed by atoms with Crippen LogP contribution in [0.2, 0.25) is 0 Å². The maximum atomic E-state index is 13.8. The van der Waals surface area contributed by atoms with E-state index in [1.807, 2.05) is 0 Å². The van der Waals surface area contributed by atoms with Crippen molar-refractivity contribution in [2.45, 2.75) is 50.9 Å². The number of carbonyl (C=O) groups excluding carboxylic acids is 1. The zero-order valence-electron chi connectivity index (χ0n) is 16.3. The first kappa shape index (κ1) is 21.1. The summed E-state index contributed by atoms with van der Waals surface area (Å²) in [5.41, 5.74) is 0.397. The van der Waals surface area contributed by atoms with Gasteiger partial charge >= 0.3 is 6.18 Å². The SMILES string of the molecule is COc1ccc(CCC(=O)N(C2CC2)C(C)c2cccc(C(F)(F)F)c2)cc1F. The molecule has 0 N–H and O–H groups in total. The molecule has 0 radical (unpaired) electrons. The Balaban J connectivity index is 1.72. The minimum Gasteiger partial charge on any atom is -0.494 e. The van der Waals surface area contributed by atoms with Crippen molar-refractivity contribution < 1.29 is 27.1 Å². The van der Waals surface area contributed by atoms with Gasteiger partial charge in [-0.05, 0) is 61.6 Å². The van der Waals surface area contributed by atoms with E-state index in [0.29, 0.717) is 17.5 Å². The molecule has 1 atom stereocenters. The van der Waals surface area contributed by atoms with Crippen LogP contribution >= 0.6 is 0 Å². The smallest absolute Gasteiger partial charge is 0.416 e. The van der Waals surface area contributed by atoms with Crippen molar-refractivity contribution in [1.29, 1.82) is 0 Å². The molecular weight excluding hydrogens is 386 g/mol. The number of ether oxygens (including phenoxy) is 1. The number of nitrogens with zero attached hydrogens (tertiary/aromatic N) is 1. The summed E-state index contributed by atoms with van der Waals surface area (Å²) in [7, 11) is 1.38. The van der Waals surface area contributed by atoms with Crippen LogP contribution in [0.15, 0.2) is 42.5 Å². The first-order valence-electron chi connectivity index (χ1n) is 9.51. The number of carbonyl (C=O) groups is 1. The summed E-state index contributed by atoms with van der Waals surface area (Å²) >= 11 is 0. The van der Waals surface area contributed by atoms with Gasteiger partial charge in [-0.1, -0.05) is 18.2 Å². The molecule has 2 aromatic carbocycles. The molecule has 1 saturated carbocycles. The number of benzene rings is 2. The highest BCUT2D eigenvalue weighted by molar-refractivity contribution is 5.77. The van der Waals surface area contributed by atoms with Gasteiger partial charge in [0.05, 0.1) is 18.7 Å². The van der Waals surface area contributed by atoms with E-state index in [9.17, 15) is 22.4 Å². The standard InChI is InChI=1S/C22H23F4NO2/c1-14(16-4-3-5-17(13-16)22(24,25)26)27(18-8-9-18)21(28)11-7-15-6-10-20(29-2)19(23)12-15/h3-6,10,12-14,18H,7-9,11H2,1-2H3. The first-order chi connectivity index (χ1) is 13.7. The number of hydrogen-bond acceptors (Lipinski definition) is 2. The third-order valence-electron chi connectivity index (χ3n) is 5.19. The van der Waals surface area contributed by atoms with Crippen LogP contribution < -0.4 is 4.74 Å². The molecule has 3 rings (SSSR count). The summed E-state index contributed by atoms with van der Waals surface area (Å²) in [6.07, 6.45) is -2.25. The Kier molecular flexibility index (Phi) is 6.15. The fraction of sp³-hybridized carbons (Fsp3) is 0.409. The summed E-state index contributed by atoms with van der Waals surface area (Å²) in [6, 6.07) is 9.23. The fourth-order valence-corrected chi connectivity index (χ4v) is 3.47. The Morgan fingerprint density at radius 3 is 2.52 bits per heavy atom. The van der Waals surface area contributed by atoms with Gasteiger partial charge in [-0.3, -0.25) is 4.79 Å². The van der Waals surface area contributed by atoms with Crippen LogP contribution in [-0.4, -0.2) is 24.0 Å². The van der Waals surface area contributed by atoms with Gasteiger partial charge < -0.3 is 9.64 Å². The van der Waals surface area contributed by atoms with Crippen LogP contribution in [0.4, 0.5) is 17.6 Å². The number of halogens is 4. The van der Waals surface area contributed by atoms with E-state index in [4.69, 9.17) is 4.74 Å². The summed E-state index contributed by atoms with van der Waals surface area (Å²) in [5.74, 6) is -0.500. The molecule has 29 heavy (non-hydrogen) atoms. The second kappa shape index (κ2) is 8.43. The minimum absolute atomic E-state index is 0.0413. The zero-order chi connectivity index (χ0) is 21.2. The molecule has 3 nitrogen and oxygen atoms in total. The predicted molar refractivity (Wildman–Crippen MR) is 101 cm³/mol. The molecule has 0 saturated heterocycles. The molecule has 0 aromatic heterocycles. The highest BCUT2D eigenvalue weighted by Gasteiger charge is 2.37. The number of aryl methyl sites for hydroxylation is 1. The third-order valence-corrected chi connectivity index (χ3v) is 5.19. The molecule has 0 bridgehead atoms. The molecule has 1 fully saturated rings. The summed E-state index contributed by atoms with van der Waals surface area (Å²) < 4.78 is 57.8. The van der Waals surface area contributed by atoms with Gasteiger partial charge in [-0.25, -0.2) is 4.39 Å². The fourth-order valence-electron chi connectivity index (χ4n) is 3.47. The summed E-state index contributed by atoms with van der Waals surface area (Å²) in [5, 5.41) is 0. The molecule has 1 aliphatic rings. The second-order valence-corrected chi connectivity index (χ2v) is 7.30. The highest BCUT2D eigenvalue weighted by atomic mass is 19.4. The van der Waals surface area contributed by atoms with E-state index >= 15 is 0 Å².